The molecule has 0 bridgehead atoms. The van der Waals surface area contributed by atoms with Crippen LogP contribution in [0.15, 0.2) is 24.3 Å². The maximum atomic E-state index is 12.5. The Bertz CT molecular complexity index is 513. The van der Waals surface area contributed by atoms with E-state index in [0.717, 1.165) is 31.2 Å². The molecule has 0 aliphatic heterocycles. The summed E-state index contributed by atoms with van der Waals surface area (Å²) in [6.07, 6.45) is 5.61. The number of rotatable bonds is 5. The average molecular weight is 301 g/mol. The first-order chi connectivity index (χ1) is 10.5. The fourth-order valence-electron chi connectivity index (χ4n) is 3.20. The van der Waals surface area contributed by atoms with Gasteiger partial charge in [0.1, 0.15) is 0 Å². The molecule has 1 aromatic rings. The number of hydrogen-bond acceptors (Lipinski definition) is 2. The monoisotopic (exact) mass is 301 g/mol. The molecular formula is C19H27NO2. The molecule has 1 unspecified atom stereocenters. The number of amides is 1. The second-order valence-corrected chi connectivity index (χ2v) is 6.74. The molecule has 1 aliphatic carbocycles. The largest absolute Gasteiger partial charge is 0.349 e. The third-order valence-electron chi connectivity index (χ3n) is 4.62. The summed E-state index contributed by atoms with van der Waals surface area (Å²) in [6, 6.07) is 7.63. The molecule has 0 heterocycles. The van der Waals surface area contributed by atoms with Crippen molar-refractivity contribution in [2.75, 3.05) is 0 Å². The molecular weight excluding hydrogens is 274 g/mol. The van der Waals surface area contributed by atoms with Crippen LogP contribution in [-0.4, -0.2) is 11.7 Å². The van der Waals surface area contributed by atoms with E-state index in [-0.39, 0.29) is 23.7 Å². The van der Waals surface area contributed by atoms with E-state index in [1.165, 1.54) is 6.42 Å². The number of carbonyl (C=O) groups is 2. The molecule has 1 aromatic carbocycles. The van der Waals surface area contributed by atoms with Gasteiger partial charge in [-0.3, -0.25) is 9.59 Å². The van der Waals surface area contributed by atoms with Crippen LogP contribution in [0.4, 0.5) is 0 Å². The first-order valence-corrected chi connectivity index (χ1v) is 8.40. The van der Waals surface area contributed by atoms with E-state index in [1.807, 2.05) is 24.3 Å². The molecule has 0 radical (unpaired) electrons. The SMILES string of the molecule is CC(=O)c1ccc(C(NC(=O)C2CCCCC2)C(C)C)cc1. The molecule has 1 aliphatic rings. The number of hydrogen-bond donors (Lipinski definition) is 1. The number of nitrogens with one attached hydrogen (secondary N) is 1. The summed E-state index contributed by atoms with van der Waals surface area (Å²) in [5.41, 5.74) is 1.79. The van der Waals surface area contributed by atoms with E-state index < -0.39 is 0 Å². The van der Waals surface area contributed by atoms with Crippen LogP contribution in [0.1, 0.15) is 74.8 Å². The second-order valence-electron chi connectivity index (χ2n) is 6.74. The van der Waals surface area contributed by atoms with E-state index in [2.05, 4.69) is 19.2 Å². The van der Waals surface area contributed by atoms with Crippen molar-refractivity contribution in [3.63, 3.8) is 0 Å². The summed E-state index contributed by atoms with van der Waals surface area (Å²) in [4.78, 5) is 23.9. The third-order valence-corrected chi connectivity index (χ3v) is 4.62. The topological polar surface area (TPSA) is 46.2 Å². The minimum atomic E-state index is 0.00966. The van der Waals surface area contributed by atoms with Crippen LogP contribution in [0.3, 0.4) is 0 Å². The van der Waals surface area contributed by atoms with Gasteiger partial charge in [-0.15, -0.1) is 0 Å². The Hall–Kier alpha value is -1.64. The number of carbonyl (C=O) groups excluding carboxylic acids is 2. The van der Waals surface area contributed by atoms with Crippen molar-refractivity contribution < 1.29 is 9.59 Å². The van der Waals surface area contributed by atoms with Crippen LogP contribution in [-0.2, 0) is 4.79 Å². The predicted molar refractivity (Wildman–Crippen MR) is 88.7 cm³/mol. The summed E-state index contributed by atoms with van der Waals surface area (Å²) < 4.78 is 0. The highest BCUT2D eigenvalue weighted by Gasteiger charge is 2.25. The van der Waals surface area contributed by atoms with Crippen molar-refractivity contribution in [2.45, 2.75) is 58.9 Å². The highest BCUT2D eigenvalue weighted by molar-refractivity contribution is 5.94. The summed E-state index contributed by atoms with van der Waals surface area (Å²) in [5.74, 6) is 0.746. The van der Waals surface area contributed by atoms with Gasteiger partial charge in [0, 0.05) is 11.5 Å². The lowest BCUT2D eigenvalue weighted by atomic mass is 9.87. The van der Waals surface area contributed by atoms with Gasteiger partial charge < -0.3 is 5.32 Å². The van der Waals surface area contributed by atoms with Crippen molar-refractivity contribution in [1.82, 2.24) is 5.32 Å². The Morgan fingerprint density at radius 3 is 2.14 bits per heavy atom. The van der Waals surface area contributed by atoms with Gasteiger partial charge in [-0.2, -0.15) is 0 Å². The number of benzene rings is 1. The first-order valence-electron chi connectivity index (χ1n) is 8.40. The van der Waals surface area contributed by atoms with Crippen molar-refractivity contribution in [2.24, 2.45) is 11.8 Å². The smallest absolute Gasteiger partial charge is 0.223 e. The molecule has 0 saturated heterocycles. The molecule has 3 nitrogen and oxygen atoms in total. The van der Waals surface area contributed by atoms with Gasteiger partial charge in [-0.05, 0) is 31.2 Å². The summed E-state index contributed by atoms with van der Waals surface area (Å²) in [7, 11) is 0. The second kappa shape index (κ2) is 7.57. The molecule has 3 heteroatoms. The van der Waals surface area contributed by atoms with Crippen LogP contribution in [0, 0.1) is 11.8 Å². The maximum Gasteiger partial charge on any atom is 0.223 e. The van der Waals surface area contributed by atoms with Gasteiger partial charge in [0.05, 0.1) is 6.04 Å². The van der Waals surface area contributed by atoms with Crippen LogP contribution in [0.2, 0.25) is 0 Å². The summed E-state index contributed by atoms with van der Waals surface area (Å²) >= 11 is 0. The lowest BCUT2D eigenvalue weighted by Gasteiger charge is -2.27. The lowest BCUT2D eigenvalue weighted by Crippen LogP contribution is -2.37. The van der Waals surface area contributed by atoms with Gasteiger partial charge >= 0.3 is 0 Å². The molecule has 1 N–H and O–H groups in total. The van der Waals surface area contributed by atoms with Crippen LogP contribution in [0.25, 0.3) is 0 Å². The Kier molecular flexibility index (Phi) is 5.76. The summed E-state index contributed by atoms with van der Waals surface area (Å²) in [6.45, 7) is 5.80. The van der Waals surface area contributed by atoms with Gasteiger partial charge in [-0.25, -0.2) is 0 Å². The van der Waals surface area contributed by atoms with E-state index in [4.69, 9.17) is 0 Å². The van der Waals surface area contributed by atoms with Gasteiger partial charge in [0.15, 0.2) is 5.78 Å². The molecule has 1 fully saturated rings. The minimum Gasteiger partial charge on any atom is -0.349 e. The minimum absolute atomic E-state index is 0.00966. The molecule has 1 saturated carbocycles. The first kappa shape index (κ1) is 16.7. The highest BCUT2D eigenvalue weighted by Crippen LogP contribution is 2.27. The molecule has 2 rings (SSSR count). The zero-order valence-electron chi connectivity index (χ0n) is 13.9. The molecule has 1 amide bonds. The molecule has 0 aromatic heterocycles. The fourth-order valence-corrected chi connectivity index (χ4v) is 3.20. The zero-order valence-corrected chi connectivity index (χ0v) is 13.9. The highest BCUT2D eigenvalue weighted by atomic mass is 16.2. The number of ketones is 1. The normalized spacial score (nSPS) is 17.3. The standard InChI is InChI=1S/C19H27NO2/c1-13(2)18(16-11-9-15(10-12-16)14(3)21)20-19(22)17-7-5-4-6-8-17/h9-13,17-18H,4-8H2,1-3H3,(H,20,22). The zero-order chi connectivity index (χ0) is 16.1. The summed E-state index contributed by atoms with van der Waals surface area (Å²) in [5, 5.41) is 3.23. The molecule has 1 atom stereocenters. The van der Waals surface area contributed by atoms with E-state index >= 15 is 0 Å². The number of Topliss-reactive ketones (excluding diaryl/α,β-unsaturated/α-hetero) is 1. The Balaban J connectivity index is 2.08. The quantitative estimate of drug-likeness (QED) is 0.825. The van der Waals surface area contributed by atoms with Crippen LogP contribution < -0.4 is 5.32 Å². The Labute approximate surface area is 133 Å². The van der Waals surface area contributed by atoms with E-state index in [9.17, 15) is 9.59 Å². The molecule has 0 spiro atoms. The van der Waals surface area contributed by atoms with Crippen LogP contribution in [0.5, 0.6) is 0 Å². The van der Waals surface area contributed by atoms with E-state index in [1.54, 1.807) is 6.92 Å². The lowest BCUT2D eigenvalue weighted by molar-refractivity contribution is -0.127. The maximum absolute atomic E-state index is 12.5. The predicted octanol–water partition coefficient (Wildman–Crippen LogP) is 4.28. The Morgan fingerprint density at radius 1 is 1.05 bits per heavy atom. The van der Waals surface area contributed by atoms with Gasteiger partial charge in [0.2, 0.25) is 5.91 Å². The van der Waals surface area contributed by atoms with Crippen LogP contribution >= 0.6 is 0 Å². The molecule has 120 valence electrons. The fraction of sp³-hybridized carbons (Fsp3) is 0.579. The van der Waals surface area contributed by atoms with Crippen molar-refractivity contribution >= 4 is 11.7 Å². The molecule has 22 heavy (non-hydrogen) atoms. The van der Waals surface area contributed by atoms with Crippen molar-refractivity contribution in [1.29, 1.82) is 0 Å². The van der Waals surface area contributed by atoms with Crippen molar-refractivity contribution in [3.8, 4) is 0 Å². The van der Waals surface area contributed by atoms with Gasteiger partial charge in [0.25, 0.3) is 0 Å². The third kappa shape index (κ3) is 4.19. The van der Waals surface area contributed by atoms with Gasteiger partial charge in [-0.1, -0.05) is 57.4 Å². The Morgan fingerprint density at radius 2 is 1.64 bits per heavy atom. The van der Waals surface area contributed by atoms with E-state index in [0.29, 0.717) is 11.5 Å². The average Bonchev–Trinajstić information content (AvgIpc) is 2.53. The van der Waals surface area contributed by atoms with Crippen molar-refractivity contribution in [3.05, 3.63) is 35.4 Å².